The molecule has 8 heteroatoms. The van der Waals surface area contributed by atoms with E-state index in [-0.39, 0.29) is 41.2 Å². The monoisotopic (exact) mass is 492 g/mol. The van der Waals surface area contributed by atoms with Crippen LogP contribution in [-0.2, 0) is 9.53 Å². The van der Waals surface area contributed by atoms with Crippen molar-refractivity contribution in [1.29, 1.82) is 0 Å². The van der Waals surface area contributed by atoms with Gasteiger partial charge in [-0.1, -0.05) is 18.2 Å². The molecular formula is C18H29IN4O2S. The molecule has 146 valence electrons. The number of thioether (sulfide) groups is 1. The minimum Gasteiger partial charge on any atom is -0.383 e. The first kappa shape index (κ1) is 23.0. The van der Waals surface area contributed by atoms with Crippen LogP contribution in [0.3, 0.4) is 0 Å². The number of carbonyl (C=O) groups excluding carboxylic acids is 1. The van der Waals surface area contributed by atoms with Crippen molar-refractivity contribution in [3.05, 3.63) is 30.3 Å². The van der Waals surface area contributed by atoms with E-state index in [4.69, 9.17) is 4.74 Å². The van der Waals surface area contributed by atoms with E-state index in [1.54, 1.807) is 7.11 Å². The molecule has 1 aliphatic carbocycles. The molecule has 1 amide bonds. The van der Waals surface area contributed by atoms with Gasteiger partial charge in [0.05, 0.1) is 6.61 Å². The fourth-order valence-corrected chi connectivity index (χ4v) is 3.52. The molecule has 0 spiro atoms. The Balaban J connectivity index is 0.00000338. The number of methoxy groups -OCH3 is 1. The number of nitrogens with zero attached hydrogens (tertiary/aromatic N) is 1. The van der Waals surface area contributed by atoms with Gasteiger partial charge in [0.2, 0.25) is 5.91 Å². The highest BCUT2D eigenvalue weighted by Gasteiger charge is 2.43. The van der Waals surface area contributed by atoms with Gasteiger partial charge in [-0.25, -0.2) is 4.99 Å². The van der Waals surface area contributed by atoms with Crippen LogP contribution >= 0.6 is 35.7 Å². The number of guanidine groups is 1. The van der Waals surface area contributed by atoms with E-state index < -0.39 is 0 Å². The third-order valence-corrected chi connectivity index (χ3v) is 5.31. The predicted octanol–water partition coefficient (Wildman–Crippen LogP) is 2.25. The van der Waals surface area contributed by atoms with Crippen molar-refractivity contribution < 1.29 is 9.53 Å². The van der Waals surface area contributed by atoms with Gasteiger partial charge in [-0.2, -0.15) is 0 Å². The second-order valence-electron chi connectivity index (χ2n) is 5.99. The lowest BCUT2D eigenvalue weighted by molar-refractivity contribution is -0.119. The lowest BCUT2D eigenvalue weighted by Gasteiger charge is -2.18. The van der Waals surface area contributed by atoms with Crippen molar-refractivity contribution in [2.24, 2.45) is 4.99 Å². The standard InChI is InChI=1S/C18H28N4O2S.HI/c1-3-19-17(21-13-16(23)20-11-12-24-2)22-14-18(9-10-18)25-15-7-5-4-6-8-15;/h4-8H,3,9-14H2,1-2H3,(H,20,23)(H2,19,21,22);1H. The quantitative estimate of drug-likeness (QED) is 0.202. The Bertz CT molecular complexity index is 568. The van der Waals surface area contributed by atoms with Crippen LogP contribution in [-0.4, -0.2) is 56.5 Å². The molecule has 0 aromatic heterocycles. The molecule has 1 aromatic carbocycles. The highest BCUT2D eigenvalue weighted by molar-refractivity contribution is 14.0. The summed E-state index contributed by atoms with van der Waals surface area (Å²) in [5.74, 6) is 0.582. The van der Waals surface area contributed by atoms with Crippen LogP contribution in [0.25, 0.3) is 0 Å². The molecule has 0 heterocycles. The smallest absolute Gasteiger partial charge is 0.241 e. The molecule has 0 unspecified atom stereocenters. The highest BCUT2D eigenvalue weighted by Crippen LogP contribution is 2.51. The Morgan fingerprint density at radius 2 is 1.96 bits per heavy atom. The molecule has 0 radical (unpaired) electrons. The largest absolute Gasteiger partial charge is 0.383 e. The zero-order valence-corrected chi connectivity index (χ0v) is 18.6. The molecule has 0 aliphatic heterocycles. The maximum absolute atomic E-state index is 11.7. The van der Waals surface area contributed by atoms with Crippen molar-refractivity contribution in [2.75, 3.05) is 39.9 Å². The molecule has 0 atom stereocenters. The number of aliphatic imine (C=N–C) groups is 1. The van der Waals surface area contributed by atoms with Crippen LogP contribution in [0.2, 0.25) is 0 Å². The molecule has 6 nitrogen and oxygen atoms in total. The van der Waals surface area contributed by atoms with Crippen LogP contribution in [0.1, 0.15) is 19.8 Å². The van der Waals surface area contributed by atoms with Gasteiger partial charge in [0.1, 0.15) is 6.54 Å². The van der Waals surface area contributed by atoms with Crippen LogP contribution in [0.15, 0.2) is 40.2 Å². The van der Waals surface area contributed by atoms with Gasteiger partial charge < -0.3 is 20.7 Å². The topological polar surface area (TPSA) is 74.8 Å². The second kappa shape index (κ2) is 12.4. The van der Waals surface area contributed by atoms with Crippen LogP contribution in [0, 0.1) is 0 Å². The molecule has 3 N–H and O–H groups in total. The number of halogens is 1. The fourth-order valence-electron chi connectivity index (χ4n) is 2.28. The summed E-state index contributed by atoms with van der Waals surface area (Å²) in [6, 6.07) is 10.5. The molecule has 1 aliphatic rings. The average Bonchev–Trinajstić information content (AvgIpc) is 3.38. The summed E-state index contributed by atoms with van der Waals surface area (Å²) < 4.78 is 5.15. The number of hydrogen-bond acceptors (Lipinski definition) is 4. The number of ether oxygens (including phenoxy) is 1. The molecule has 26 heavy (non-hydrogen) atoms. The van der Waals surface area contributed by atoms with E-state index >= 15 is 0 Å². The van der Waals surface area contributed by atoms with Gasteiger partial charge in [-0.15, -0.1) is 35.7 Å². The van der Waals surface area contributed by atoms with E-state index in [2.05, 4.69) is 45.2 Å². The van der Waals surface area contributed by atoms with Crippen molar-refractivity contribution in [3.63, 3.8) is 0 Å². The lowest BCUT2D eigenvalue weighted by Crippen LogP contribution is -2.42. The van der Waals surface area contributed by atoms with Gasteiger partial charge in [-0.05, 0) is 31.9 Å². The molecule has 1 aromatic rings. The average molecular weight is 492 g/mol. The van der Waals surface area contributed by atoms with E-state index in [0.717, 1.165) is 13.1 Å². The van der Waals surface area contributed by atoms with E-state index in [1.807, 2.05) is 24.8 Å². The molecule has 2 rings (SSSR count). The van der Waals surface area contributed by atoms with Gasteiger partial charge in [0.25, 0.3) is 0 Å². The first-order valence-electron chi connectivity index (χ1n) is 8.69. The zero-order chi connectivity index (χ0) is 18.0. The first-order chi connectivity index (χ1) is 12.2. The normalized spacial score (nSPS) is 14.9. The van der Waals surface area contributed by atoms with E-state index in [9.17, 15) is 4.79 Å². The molecule has 0 bridgehead atoms. The second-order valence-corrected chi connectivity index (χ2v) is 7.53. The number of hydrogen-bond donors (Lipinski definition) is 3. The van der Waals surface area contributed by atoms with Crippen LogP contribution in [0.5, 0.6) is 0 Å². The van der Waals surface area contributed by atoms with Crippen molar-refractivity contribution >= 4 is 47.6 Å². The summed E-state index contributed by atoms with van der Waals surface area (Å²) in [5, 5.41) is 9.34. The van der Waals surface area contributed by atoms with Crippen LogP contribution < -0.4 is 16.0 Å². The summed E-state index contributed by atoms with van der Waals surface area (Å²) in [6.45, 7) is 4.73. The van der Waals surface area contributed by atoms with Gasteiger partial charge in [0, 0.05) is 36.4 Å². The SMILES string of the molecule is CCNC(=NCC(=O)NCCOC)NCC1(Sc2ccccc2)CC1.I. The Labute approximate surface area is 177 Å². The number of carbonyl (C=O) groups is 1. The Morgan fingerprint density at radius 3 is 2.58 bits per heavy atom. The fraction of sp³-hybridized carbons (Fsp3) is 0.556. The number of benzene rings is 1. The van der Waals surface area contributed by atoms with E-state index in [0.29, 0.717) is 19.1 Å². The van der Waals surface area contributed by atoms with E-state index in [1.165, 1.54) is 17.7 Å². The van der Waals surface area contributed by atoms with Crippen molar-refractivity contribution in [2.45, 2.75) is 29.4 Å². The summed E-state index contributed by atoms with van der Waals surface area (Å²) in [5.41, 5.74) is 0. The third-order valence-electron chi connectivity index (χ3n) is 3.82. The lowest BCUT2D eigenvalue weighted by atomic mass is 10.4. The Morgan fingerprint density at radius 1 is 1.23 bits per heavy atom. The number of amides is 1. The molecule has 0 saturated heterocycles. The maximum Gasteiger partial charge on any atom is 0.241 e. The third kappa shape index (κ3) is 8.59. The van der Waals surface area contributed by atoms with Gasteiger partial charge in [-0.3, -0.25) is 4.79 Å². The summed E-state index contributed by atoms with van der Waals surface area (Å²) in [7, 11) is 1.61. The maximum atomic E-state index is 11.7. The highest BCUT2D eigenvalue weighted by atomic mass is 127. The molecular weight excluding hydrogens is 463 g/mol. The minimum absolute atomic E-state index is 0. The zero-order valence-electron chi connectivity index (χ0n) is 15.4. The first-order valence-corrected chi connectivity index (χ1v) is 9.51. The summed E-state index contributed by atoms with van der Waals surface area (Å²) in [6.07, 6.45) is 2.38. The van der Waals surface area contributed by atoms with Crippen molar-refractivity contribution in [1.82, 2.24) is 16.0 Å². The van der Waals surface area contributed by atoms with Crippen molar-refractivity contribution in [3.8, 4) is 0 Å². The molecule has 1 fully saturated rings. The summed E-state index contributed by atoms with van der Waals surface area (Å²) >= 11 is 1.92. The van der Waals surface area contributed by atoms with Gasteiger partial charge >= 0.3 is 0 Å². The Hall–Kier alpha value is -1.000. The Kier molecular flexibility index (Phi) is 11.0. The molecule has 1 saturated carbocycles. The van der Waals surface area contributed by atoms with Gasteiger partial charge in [0.15, 0.2) is 5.96 Å². The van der Waals surface area contributed by atoms with Crippen LogP contribution in [0.4, 0.5) is 0 Å². The summed E-state index contributed by atoms with van der Waals surface area (Å²) in [4.78, 5) is 17.4. The number of rotatable bonds is 10. The predicted molar refractivity (Wildman–Crippen MR) is 119 cm³/mol. The number of nitrogens with one attached hydrogen (secondary N) is 3. The minimum atomic E-state index is -0.103.